The van der Waals surface area contributed by atoms with Crippen molar-refractivity contribution in [2.24, 2.45) is 11.7 Å². The highest BCUT2D eigenvalue weighted by atomic mass is 16.6. The van der Waals surface area contributed by atoms with Gasteiger partial charge in [0, 0.05) is 30.9 Å². The van der Waals surface area contributed by atoms with Crippen LogP contribution in [0.25, 0.3) is 5.69 Å². The number of carbonyl (C=O) groups excluding carboxylic acids is 1. The van der Waals surface area contributed by atoms with Gasteiger partial charge < -0.3 is 11.1 Å². The monoisotopic (exact) mass is 331 g/mol. The Hall–Kier alpha value is -2.74. The Morgan fingerprint density at radius 1 is 1.42 bits per heavy atom. The molecule has 0 spiro atoms. The molecule has 128 valence electrons. The highest BCUT2D eigenvalue weighted by Crippen LogP contribution is 2.16. The minimum Gasteiger partial charge on any atom is -0.347 e. The quantitative estimate of drug-likeness (QED) is 0.593. The van der Waals surface area contributed by atoms with E-state index in [9.17, 15) is 14.9 Å². The predicted molar refractivity (Wildman–Crippen MR) is 90.0 cm³/mol. The van der Waals surface area contributed by atoms with Gasteiger partial charge in [-0.1, -0.05) is 19.9 Å². The van der Waals surface area contributed by atoms with Crippen LogP contribution in [-0.4, -0.2) is 33.2 Å². The van der Waals surface area contributed by atoms with Crippen molar-refractivity contribution in [2.45, 2.75) is 26.3 Å². The molecular weight excluding hydrogens is 310 g/mol. The molecule has 0 saturated heterocycles. The van der Waals surface area contributed by atoms with Gasteiger partial charge >= 0.3 is 0 Å². The summed E-state index contributed by atoms with van der Waals surface area (Å²) in [5.74, 6) is 0.108. The Balaban J connectivity index is 2.13. The minimum absolute atomic E-state index is 0.0332. The lowest BCUT2D eigenvalue weighted by molar-refractivity contribution is -0.384. The molecule has 3 N–H and O–H groups in total. The van der Waals surface area contributed by atoms with E-state index < -0.39 is 4.92 Å². The largest absolute Gasteiger partial charge is 0.347 e. The van der Waals surface area contributed by atoms with Crippen LogP contribution in [-0.2, 0) is 0 Å². The van der Waals surface area contributed by atoms with E-state index in [-0.39, 0.29) is 23.3 Å². The topological polar surface area (TPSA) is 116 Å². The maximum Gasteiger partial charge on any atom is 0.272 e. The Morgan fingerprint density at radius 2 is 2.17 bits per heavy atom. The summed E-state index contributed by atoms with van der Waals surface area (Å²) < 4.78 is 1.43. The summed E-state index contributed by atoms with van der Waals surface area (Å²) in [6.45, 7) is 4.48. The molecule has 8 nitrogen and oxygen atoms in total. The molecule has 8 heteroatoms. The number of nitrogens with one attached hydrogen (secondary N) is 1. The van der Waals surface area contributed by atoms with Crippen molar-refractivity contribution in [1.82, 2.24) is 15.1 Å². The number of nitrogens with zero attached hydrogens (tertiary/aromatic N) is 3. The molecule has 24 heavy (non-hydrogen) atoms. The van der Waals surface area contributed by atoms with Crippen LogP contribution >= 0.6 is 0 Å². The number of hydrogen-bond acceptors (Lipinski definition) is 5. The summed E-state index contributed by atoms with van der Waals surface area (Å²) >= 11 is 0. The summed E-state index contributed by atoms with van der Waals surface area (Å²) in [7, 11) is 0. The Bertz CT molecular complexity index is 726. The molecule has 0 radical (unpaired) electrons. The number of carbonyl (C=O) groups is 1. The molecule has 1 unspecified atom stereocenters. The number of hydrogen-bond donors (Lipinski definition) is 2. The van der Waals surface area contributed by atoms with Gasteiger partial charge in [0.2, 0.25) is 0 Å². The summed E-state index contributed by atoms with van der Waals surface area (Å²) in [6, 6.07) is 7.51. The van der Waals surface area contributed by atoms with Crippen LogP contribution in [0.1, 0.15) is 30.8 Å². The van der Waals surface area contributed by atoms with E-state index in [1.54, 1.807) is 24.4 Å². The first-order chi connectivity index (χ1) is 11.4. The fraction of sp³-hybridized carbons (Fsp3) is 0.375. The van der Waals surface area contributed by atoms with E-state index in [1.165, 1.54) is 16.8 Å². The summed E-state index contributed by atoms with van der Waals surface area (Å²) in [6.07, 6.45) is 2.38. The van der Waals surface area contributed by atoms with Crippen LogP contribution in [0.2, 0.25) is 0 Å². The molecule has 0 aliphatic rings. The zero-order chi connectivity index (χ0) is 17.7. The standard InChI is InChI=1S/C16H21N5O3/c1-11(2)8-12(10-17)18-16(22)15-6-7-20(19-15)13-4-3-5-14(9-13)21(23)24/h3-7,9,11-12H,8,10,17H2,1-2H3,(H,18,22). The predicted octanol–water partition coefficient (Wildman–Crippen LogP) is 1.88. The van der Waals surface area contributed by atoms with Crippen LogP contribution in [0.3, 0.4) is 0 Å². The molecule has 1 aromatic carbocycles. The van der Waals surface area contributed by atoms with Gasteiger partial charge in [-0.2, -0.15) is 5.10 Å². The van der Waals surface area contributed by atoms with E-state index in [0.717, 1.165) is 6.42 Å². The van der Waals surface area contributed by atoms with Gasteiger partial charge in [0.1, 0.15) is 0 Å². The highest BCUT2D eigenvalue weighted by Gasteiger charge is 2.16. The number of nitrogens with two attached hydrogens (primary N) is 1. The van der Waals surface area contributed by atoms with Gasteiger partial charge in [-0.15, -0.1) is 0 Å². The molecular formula is C16H21N5O3. The Kier molecular flexibility index (Phi) is 5.64. The molecule has 0 bridgehead atoms. The number of nitro groups is 1. The Morgan fingerprint density at radius 3 is 2.79 bits per heavy atom. The van der Waals surface area contributed by atoms with Crippen LogP contribution in [0, 0.1) is 16.0 Å². The zero-order valence-electron chi connectivity index (χ0n) is 13.7. The molecule has 0 aliphatic carbocycles. The normalized spacial score (nSPS) is 12.2. The van der Waals surface area contributed by atoms with Crippen molar-refractivity contribution >= 4 is 11.6 Å². The van der Waals surface area contributed by atoms with Crippen LogP contribution in [0.5, 0.6) is 0 Å². The first-order valence-electron chi connectivity index (χ1n) is 7.72. The number of amides is 1. The maximum absolute atomic E-state index is 12.3. The van der Waals surface area contributed by atoms with Gasteiger partial charge in [-0.05, 0) is 24.5 Å². The van der Waals surface area contributed by atoms with Gasteiger partial charge in [0.25, 0.3) is 11.6 Å². The average Bonchev–Trinajstić information content (AvgIpc) is 3.04. The van der Waals surface area contributed by atoms with Crippen molar-refractivity contribution in [3.63, 3.8) is 0 Å². The SMILES string of the molecule is CC(C)CC(CN)NC(=O)c1ccn(-c2cccc([N+](=O)[O-])c2)n1. The molecule has 2 aromatic rings. The van der Waals surface area contributed by atoms with Gasteiger partial charge in [0.15, 0.2) is 5.69 Å². The van der Waals surface area contributed by atoms with Gasteiger partial charge in [0.05, 0.1) is 10.6 Å². The average molecular weight is 331 g/mol. The smallest absolute Gasteiger partial charge is 0.272 e. The summed E-state index contributed by atoms with van der Waals surface area (Å²) in [5.41, 5.74) is 6.41. The molecule has 0 fully saturated rings. The second-order valence-electron chi connectivity index (χ2n) is 5.96. The fourth-order valence-electron chi connectivity index (χ4n) is 2.38. The molecule has 1 aromatic heterocycles. The fourth-order valence-corrected chi connectivity index (χ4v) is 2.38. The van der Waals surface area contributed by atoms with Crippen molar-refractivity contribution in [1.29, 1.82) is 0 Å². The van der Waals surface area contributed by atoms with E-state index >= 15 is 0 Å². The van der Waals surface area contributed by atoms with Crippen LogP contribution in [0.15, 0.2) is 36.5 Å². The van der Waals surface area contributed by atoms with E-state index in [2.05, 4.69) is 24.3 Å². The first kappa shape index (κ1) is 17.6. The second-order valence-corrected chi connectivity index (χ2v) is 5.96. The van der Waals surface area contributed by atoms with E-state index in [4.69, 9.17) is 5.73 Å². The molecule has 1 heterocycles. The van der Waals surface area contributed by atoms with Crippen molar-refractivity contribution in [3.05, 3.63) is 52.3 Å². The maximum atomic E-state index is 12.3. The second kappa shape index (κ2) is 7.69. The molecule has 2 rings (SSSR count). The number of rotatable bonds is 7. The molecule has 1 atom stereocenters. The zero-order valence-corrected chi connectivity index (χ0v) is 13.7. The lowest BCUT2D eigenvalue weighted by Crippen LogP contribution is -2.41. The minimum atomic E-state index is -0.474. The third-order valence-electron chi connectivity index (χ3n) is 3.50. The lowest BCUT2D eigenvalue weighted by atomic mass is 10.0. The van der Waals surface area contributed by atoms with E-state index in [1.807, 2.05) is 0 Å². The van der Waals surface area contributed by atoms with Crippen molar-refractivity contribution in [2.75, 3.05) is 6.54 Å². The number of non-ortho nitro benzene ring substituents is 1. The number of aromatic nitrogens is 2. The summed E-state index contributed by atoms with van der Waals surface area (Å²) in [5, 5.41) is 17.9. The third kappa shape index (κ3) is 4.39. The van der Waals surface area contributed by atoms with E-state index in [0.29, 0.717) is 18.2 Å². The van der Waals surface area contributed by atoms with Gasteiger partial charge in [-0.3, -0.25) is 14.9 Å². The van der Waals surface area contributed by atoms with Crippen LogP contribution in [0.4, 0.5) is 5.69 Å². The van der Waals surface area contributed by atoms with Crippen molar-refractivity contribution in [3.8, 4) is 5.69 Å². The molecule has 0 aliphatic heterocycles. The third-order valence-corrected chi connectivity index (χ3v) is 3.50. The Labute approximate surface area is 139 Å². The lowest BCUT2D eigenvalue weighted by Gasteiger charge is -2.18. The number of benzene rings is 1. The van der Waals surface area contributed by atoms with Crippen LogP contribution < -0.4 is 11.1 Å². The highest BCUT2D eigenvalue weighted by molar-refractivity contribution is 5.92. The first-order valence-corrected chi connectivity index (χ1v) is 7.72. The number of nitro benzene ring substituents is 1. The van der Waals surface area contributed by atoms with Crippen molar-refractivity contribution < 1.29 is 9.72 Å². The molecule has 0 saturated carbocycles. The van der Waals surface area contributed by atoms with Gasteiger partial charge in [-0.25, -0.2) is 4.68 Å². The molecule has 1 amide bonds. The summed E-state index contributed by atoms with van der Waals surface area (Å²) in [4.78, 5) is 22.6.